The van der Waals surface area contributed by atoms with E-state index in [2.05, 4.69) is 379 Å². The van der Waals surface area contributed by atoms with Crippen molar-refractivity contribution in [1.29, 1.82) is 0 Å². The first-order chi connectivity index (χ1) is 55.4. The van der Waals surface area contributed by atoms with Crippen molar-refractivity contribution < 1.29 is 17.7 Å². The zero-order valence-corrected chi connectivity index (χ0v) is 63.1. The lowest BCUT2D eigenvalue weighted by atomic mass is 9.94. The molecule has 4 nitrogen and oxygen atoms in total. The molecule has 4 aromatic heterocycles. The topological polar surface area (TPSA) is 52.6 Å². The summed E-state index contributed by atoms with van der Waals surface area (Å²) >= 11 is 0. The Balaban J connectivity index is 0.000000101. The van der Waals surface area contributed by atoms with Gasteiger partial charge in [0.25, 0.3) is 0 Å². The van der Waals surface area contributed by atoms with Gasteiger partial charge in [0, 0.05) is 96.6 Å². The fourth-order valence-electron chi connectivity index (χ4n) is 17.4. The van der Waals surface area contributed by atoms with Crippen molar-refractivity contribution in [1.82, 2.24) is 0 Å². The molecule has 0 spiro atoms. The van der Waals surface area contributed by atoms with E-state index >= 15 is 0 Å². The van der Waals surface area contributed by atoms with Crippen LogP contribution in [0.2, 0.25) is 0 Å². The molecule has 0 amide bonds. The second-order valence-corrected chi connectivity index (χ2v) is 29.7. The van der Waals surface area contributed by atoms with Crippen molar-refractivity contribution in [3.8, 4) is 11.1 Å². The molecule has 4 heteroatoms. The van der Waals surface area contributed by atoms with Crippen LogP contribution in [0.1, 0.15) is 81.5 Å². The molecule has 538 valence electrons. The highest BCUT2D eigenvalue weighted by Gasteiger charge is 2.23. The summed E-state index contributed by atoms with van der Waals surface area (Å²) in [5, 5.41) is 22.4. The third kappa shape index (κ3) is 13.0. The Morgan fingerprint density at radius 1 is 0.205 bits per heavy atom. The molecule has 22 rings (SSSR count). The van der Waals surface area contributed by atoms with E-state index in [-0.39, 0.29) is 0 Å². The van der Waals surface area contributed by atoms with E-state index in [4.69, 9.17) is 17.7 Å². The molecular weight excluding hydrogens is 1360 g/mol. The van der Waals surface area contributed by atoms with Crippen LogP contribution in [0.3, 0.4) is 0 Å². The third-order valence-corrected chi connectivity index (χ3v) is 22.7. The maximum Gasteiger partial charge on any atom is 0.143 e. The Kier molecular flexibility index (Phi) is 18.6. The molecule has 0 saturated heterocycles. The summed E-state index contributed by atoms with van der Waals surface area (Å²) < 4.78 is 26.2. The molecule has 0 saturated carbocycles. The summed E-state index contributed by atoms with van der Waals surface area (Å²) in [6.07, 6.45) is 6.59. The summed E-state index contributed by atoms with van der Waals surface area (Å²) in [6.45, 7) is 6.55. The van der Waals surface area contributed by atoms with Gasteiger partial charge in [-0.25, -0.2) is 0 Å². The molecule has 0 bridgehead atoms. The normalized spacial score (nSPS) is 11.6. The summed E-state index contributed by atoms with van der Waals surface area (Å²) in [7, 11) is 0. The quantitative estimate of drug-likeness (QED) is 0.122. The van der Waals surface area contributed by atoms with Crippen molar-refractivity contribution in [2.75, 3.05) is 0 Å². The van der Waals surface area contributed by atoms with E-state index in [0.29, 0.717) is 0 Å². The Hall–Kier alpha value is -13.5. The molecule has 0 aliphatic heterocycles. The summed E-state index contributed by atoms with van der Waals surface area (Å²) in [4.78, 5) is 0. The third-order valence-electron chi connectivity index (χ3n) is 22.7. The highest BCUT2D eigenvalue weighted by atomic mass is 16.3. The fraction of sp³-hybridized carbons (Fsp3) is 0.0926. The number of fused-ring (bicyclic) bond motifs is 17. The van der Waals surface area contributed by atoms with Crippen molar-refractivity contribution >= 4 is 142 Å². The molecule has 22 aromatic rings. The van der Waals surface area contributed by atoms with Crippen LogP contribution in [0, 0.1) is 6.92 Å². The molecule has 0 radical (unpaired) electrons. The van der Waals surface area contributed by atoms with Crippen LogP contribution >= 0.6 is 0 Å². The van der Waals surface area contributed by atoms with Gasteiger partial charge < -0.3 is 17.7 Å². The predicted octanol–water partition coefficient (Wildman–Crippen LogP) is 30.0. The number of hydrogen-bond donors (Lipinski definition) is 0. The molecule has 0 aliphatic rings. The highest BCUT2D eigenvalue weighted by molar-refractivity contribution is 6.18. The van der Waals surface area contributed by atoms with Gasteiger partial charge in [-0.1, -0.05) is 354 Å². The van der Waals surface area contributed by atoms with Gasteiger partial charge >= 0.3 is 0 Å². The average molecular weight is 1440 g/mol. The van der Waals surface area contributed by atoms with E-state index in [0.717, 1.165) is 95.2 Å². The number of furan rings is 4. The minimum atomic E-state index is 0.835. The lowest BCUT2D eigenvalue weighted by molar-refractivity contribution is 0.657. The molecule has 4 heterocycles. The smallest absolute Gasteiger partial charge is 0.143 e. The largest absolute Gasteiger partial charge is 0.455 e. The van der Waals surface area contributed by atoms with Crippen LogP contribution in [0.15, 0.2) is 376 Å². The van der Waals surface area contributed by atoms with Gasteiger partial charge in [0.05, 0.1) is 0 Å². The van der Waals surface area contributed by atoms with Crippen LogP contribution in [0.25, 0.3) is 153 Å². The van der Waals surface area contributed by atoms with Crippen molar-refractivity contribution in [3.05, 3.63) is 419 Å². The molecular formula is C108H82O4. The molecule has 0 fully saturated rings. The summed E-state index contributed by atoms with van der Waals surface area (Å²) in [5.74, 6) is 0. The fourth-order valence-corrected chi connectivity index (χ4v) is 17.4. The molecule has 0 unspecified atom stereocenters. The van der Waals surface area contributed by atoms with Gasteiger partial charge in [-0.3, -0.25) is 0 Å². The van der Waals surface area contributed by atoms with Crippen molar-refractivity contribution in [2.45, 2.75) is 65.7 Å². The monoisotopic (exact) mass is 1440 g/mol. The van der Waals surface area contributed by atoms with Crippen molar-refractivity contribution in [3.63, 3.8) is 0 Å². The van der Waals surface area contributed by atoms with Crippen LogP contribution in [-0.2, 0) is 38.5 Å². The first-order valence-electron chi connectivity index (χ1n) is 39.4. The maximum atomic E-state index is 6.80. The van der Waals surface area contributed by atoms with Crippen molar-refractivity contribution in [2.24, 2.45) is 0 Å². The molecule has 18 aromatic carbocycles. The van der Waals surface area contributed by atoms with Gasteiger partial charge in [-0.15, -0.1) is 0 Å². The number of para-hydroxylation sites is 4. The minimum absolute atomic E-state index is 0.835. The standard InChI is InChI=1S/C33H22O.C26H22O.C25H20O.C24H18O/c1-2-10-22(11-3-1)20-30-26-16-7-5-13-24(26)21-31-29-19-9-18-28(32(29)34-33(30)31)27-17-8-14-23-12-4-6-15-25(23)27;1-2-9-22-21-14-7-6-12-19(21)17-24-23-15-8-13-20(25(23)27-26(22)24)16-18-10-4-3-5-11-18;1-2-20-21-13-7-6-11-18(21)16-23-22-14-8-12-19(24(22)26-25(20)23)15-17-9-4-3-5-10-17;1-16-8-7-13-20-22-15-18-11-5-6-12-19(18)21(24(22)25-23(16)20)14-17-9-3-2-4-10-17/h1-19,21H,20H2;3-8,10-15,17H,2,9,16H2,1H3;3-14,16H,2,15H2,1H3;2-13,15H,14H2,1H3. The van der Waals surface area contributed by atoms with Gasteiger partial charge in [0.1, 0.15) is 44.7 Å². The van der Waals surface area contributed by atoms with Gasteiger partial charge in [-0.2, -0.15) is 0 Å². The van der Waals surface area contributed by atoms with E-state index in [1.54, 1.807) is 0 Å². The number of aryl methyl sites for hydroxylation is 3. The Bertz CT molecular complexity index is 7230. The van der Waals surface area contributed by atoms with Gasteiger partial charge in [0.15, 0.2) is 0 Å². The number of benzene rings is 18. The first kappa shape index (κ1) is 69.0. The molecule has 112 heavy (non-hydrogen) atoms. The van der Waals surface area contributed by atoms with E-state index in [1.165, 1.54) is 164 Å². The van der Waals surface area contributed by atoms with Crippen LogP contribution in [0.5, 0.6) is 0 Å². The molecule has 0 atom stereocenters. The number of rotatable bonds is 12. The Morgan fingerprint density at radius 3 is 0.964 bits per heavy atom. The molecule has 0 aliphatic carbocycles. The zero-order valence-electron chi connectivity index (χ0n) is 63.1. The second-order valence-electron chi connectivity index (χ2n) is 29.7. The van der Waals surface area contributed by atoms with E-state index in [9.17, 15) is 0 Å². The second kappa shape index (κ2) is 30.1. The Labute approximate surface area is 651 Å². The predicted molar refractivity (Wildman–Crippen MR) is 473 cm³/mol. The lowest BCUT2D eigenvalue weighted by Crippen LogP contribution is -1.91. The lowest BCUT2D eigenvalue weighted by Gasteiger charge is -2.08. The highest BCUT2D eigenvalue weighted by Crippen LogP contribution is 2.45. The zero-order chi connectivity index (χ0) is 75.0. The summed E-state index contributed by atoms with van der Waals surface area (Å²) in [5.41, 5.74) is 24.5. The van der Waals surface area contributed by atoms with Crippen LogP contribution < -0.4 is 0 Å². The number of hydrogen-bond acceptors (Lipinski definition) is 4. The van der Waals surface area contributed by atoms with E-state index in [1.807, 2.05) is 0 Å². The SMILES string of the molecule is CCCc1c2ccccc2cc2c1oc1c(Cc3ccccc3)cccc12.CCc1c2ccccc2cc2c1oc1c(Cc3ccccc3)cccc12.Cc1cccc2c1oc1c(Cc3ccccc3)c3ccccc3cc12.c1ccc(Cc2c3ccccc3cc3c2oc2c(-c4cccc5ccccc45)cccc23)cc1. The average Bonchev–Trinajstić information content (AvgIpc) is 1.59. The van der Waals surface area contributed by atoms with Gasteiger partial charge in [-0.05, 0) is 142 Å². The van der Waals surface area contributed by atoms with Crippen LogP contribution in [0.4, 0.5) is 0 Å². The Morgan fingerprint density at radius 2 is 0.509 bits per heavy atom. The first-order valence-corrected chi connectivity index (χ1v) is 39.4. The van der Waals surface area contributed by atoms with Crippen LogP contribution in [-0.4, -0.2) is 0 Å². The minimum Gasteiger partial charge on any atom is -0.455 e. The summed E-state index contributed by atoms with van der Waals surface area (Å²) in [6, 6.07) is 127. The molecule has 0 N–H and O–H groups in total. The van der Waals surface area contributed by atoms with E-state index < -0.39 is 0 Å². The maximum absolute atomic E-state index is 6.80. The van der Waals surface area contributed by atoms with Gasteiger partial charge in [0.2, 0.25) is 0 Å².